The number of hydrogen-bond acceptors (Lipinski definition) is 2. The Hall–Kier alpha value is -0.640. The van der Waals surface area contributed by atoms with Gasteiger partial charge in [-0.05, 0) is 28.6 Å². The molecule has 74 valence electrons. The van der Waals surface area contributed by atoms with Gasteiger partial charge in [-0.25, -0.2) is 4.39 Å². The molecule has 4 heteroatoms. The number of thiophene rings is 1. The predicted octanol–water partition coefficient (Wildman–Crippen LogP) is 3.27. The number of alkyl halides is 1. The molecule has 0 saturated heterocycles. The molecule has 14 heavy (non-hydrogen) atoms. The summed E-state index contributed by atoms with van der Waals surface area (Å²) in [5.41, 5.74) is 1.41. The molecule has 0 atom stereocenters. The number of halogens is 2. The monoisotopic (exact) mass is 230 g/mol. The summed E-state index contributed by atoms with van der Waals surface area (Å²) in [5.74, 6) is 0.00242. The first kappa shape index (κ1) is 9.90. The quantitative estimate of drug-likeness (QED) is 0.786. The van der Waals surface area contributed by atoms with E-state index in [-0.39, 0.29) is 12.4 Å². The van der Waals surface area contributed by atoms with E-state index >= 15 is 0 Å². The van der Waals surface area contributed by atoms with Crippen LogP contribution < -0.4 is 0 Å². The third-order valence-corrected chi connectivity index (χ3v) is 3.37. The first-order chi connectivity index (χ1) is 6.76. The predicted molar refractivity (Wildman–Crippen MR) is 57.3 cm³/mol. The maximum Gasteiger partial charge on any atom is 0.132 e. The first-order valence-corrected chi connectivity index (χ1v) is 5.53. The minimum atomic E-state index is -0.302. The van der Waals surface area contributed by atoms with Crippen molar-refractivity contribution in [2.45, 2.75) is 12.5 Å². The van der Waals surface area contributed by atoms with Gasteiger partial charge in [0, 0.05) is 16.0 Å². The number of hydrogen-bond donors (Lipinski definition) is 1. The summed E-state index contributed by atoms with van der Waals surface area (Å²) in [6.07, 6.45) is 0. The smallest absolute Gasteiger partial charge is 0.132 e. The Morgan fingerprint density at radius 2 is 2.21 bits per heavy atom. The van der Waals surface area contributed by atoms with E-state index in [4.69, 9.17) is 16.7 Å². The Morgan fingerprint density at radius 3 is 2.86 bits per heavy atom. The summed E-state index contributed by atoms with van der Waals surface area (Å²) in [7, 11) is 0. The van der Waals surface area contributed by atoms with Crippen LogP contribution in [0.1, 0.15) is 11.1 Å². The Bertz CT molecular complexity index is 466. The largest absolute Gasteiger partial charge is 0.392 e. The maximum absolute atomic E-state index is 13.6. The van der Waals surface area contributed by atoms with Crippen LogP contribution in [0.5, 0.6) is 0 Å². The lowest BCUT2D eigenvalue weighted by molar-refractivity contribution is 0.283. The van der Waals surface area contributed by atoms with Gasteiger partial charge in [0.2, 0.25) is 0 Å². The standard InChI is InChI=1S/C10H8ClFOS/c11-3-6-1-8(12)10-7(4-13)5-14-9(10)2-6/h1-2,5,13H,3-4H2. The Morgan fingerprint density at radius 1 is 1.43 bits per heavy atom. The van der Waals surface area contributed by atoms with Gasteiger partial charge < -0.3 is 5.11 Å². The third-order valence-electron chi connectivity index (χ3n) is 2.09. The fourth-order valence-electron chi connectivity index (χ4n) is 1.43. The molecular weight excluding hydrogens is 223 g/mol. The lowest BCUT2D eigenvalue weighted by Gasteiger charge is -1.99. The van der Waals surface area contributed by atoms with Gasteiger partial charge in [-0.15, -0.1) is 22.9 Å². The lowest BCUT2D eigenvalue weighted by Crippen LogP contribution is -1.86. The zero-order valence-corrected chi connectivity index (χ0v) is 8.83. The van der Waals surface area contributed by atoms with Gasteiger partial charge in [0.05, 0.1) is 6.61 Å². The van der Waals surface area contributed by atoms with Crippen LogP contribution in [0.4, 0.5) is 4.39 Å². The topological polar surface area (TPSA) is 20.2 Å². The summed E-state index contributed by atoms with van der Waals surface area (Å²) in [6, 6.07) is 3.27. The molecule has 1 heterocycles. The normalized spacial score (nSPS) is 11.1. The molecule has 2 aromatic rings. The molecule has 0 aliphatic carbocycles. The van der Waals surface area contributed by atoms with Crippen LogP contribution in [-0.4, -0.2) is 5.11 Å². The summed E-state index contributed by atoms with van der Waals surface area (Å²) in [5, 5.41) is 11.3. The molecule has 0 fully saturated rings. The number of aliphatic hydroxyl groups excluding tert-OH is 1. The third kappa shape index (κ3) is 1.52. The molecule has 0 amide bonds. The van der Waals surface area contributed by atoms with Crippen LogP contribution in [0.15, 0.2) is 17.5 Å². The van der Waals surface area contributed by atoms with E-state index in [9.17, 15) is 4.39 Å². The molecule has 0 spiro atoms. The van der Waals surface area contributed by atoms with Crippen molar-refractivity contribution in [2.24, 2.45) is 0 Å². The van der Waals surface area contributed by atoms with Crippen LogP contribution >= 0.6 is 22.9 Å². The van der Waals surface area contributed by atoms with Crippen LogP contribution in [0.2, 0.25) is 0 Å². The first-order valence-electron chi connectivity index (χ1n) is 4.11. The zero-order valence-electron chi connectivity index (χ0n) is 7.26. The molecule has 1 aromatic carbocycles. The minimum Gasteiger partial charge on any atom is -0.392 e. The van der Waals surface area contributed by atoms with Crippen molar-refractivity contribution in [3.05, 3.63) is 34.5 Å². The molecule has 0 saturated carbocycles. The Kier molecular flexibility index (Phi) is 2.72. The van der Waals surface area contributed by atoms with E-state index in [0.717, 1.165) is 10.3 Å². The van der Waals surface area contributed by atoms with Crippen LogP contribution in [0.25, 0.3) is 10.1 Å². The van der Waals surface area contributed by atoms with E-state index in [2.05, 4.69) is 0 Å². The molecule has 2 rings (SSSR count). The van der Waals surface area contributed by atoms with Gasteiger partial charge in [-0.1, -0.05) is 0 Å². The second kappa shape index (κ2) is 3.85. The lowest BCUT2D eigenvalue weighted by atomic mass is 10.1. The highest BCUT2D eigenvalue weighted by molar-refractivity contribution is 7.17. The molecule has 0 radical (unpaired) electrons. The number of rotatable bonds is 2. The van der Waals surface area contributed by atoms with Gasteiger partial charge in [0.15, 0.2) is 0 Å². The van der Waals surface area contributed by atoms with E-state index in [0.29, 0.717) is 16.8 Å². The van der Waals surface area contributed by atoms with Crippen molar-refractivity contribution in [3.63, 3.8) is 0 Å². The van der Waals surface area contributed by atoms with Crippen molar-refractivity contribution in [3.8, 4) is 0 Å². The Labute approximate surface area is 89.7 Å². The highest BCUT2D eigenvalue weighted by Crippen LogP contribution is 2.30. The number of benzene rings is 1. The zero-order chi connectivity index (χ0) is 10.1. The maximum atomic E-state index is 13.6. The molecule has 0 aliphatic heterocycles. The van der Waals surface area contributed by atoms with Crippen molar-refractivity contribution in [2.75, 3.05) is 0 Å². The van der Waals surface area contributed by atoms with E-state index < -0.39 is 0 Å². The highest BCUT2D eigenvalue weighted by atomic mass is 35.5. The van der Waals surface area contributed by atoms with Crippen molar-refractivity contribution in [1.29, 1.82) is 0 Å². The SMILES string of the molecule is OCc1csc2cc(CCl)cc(F)c12. The average Bonchev–Trinajstić information content (AvgIpc) is 2.61. The summed E-state index contributed by atoms with van der Waals surface area (Å²) >= 11 is 7.05. The van der Waals surface area contributed by atoms with Crippen molar-refractivity contribution in [1.82, 2.24) is 0 Å². The Balaban J connectivity index is 2.72. The van der Waals surface area contributed by atoms with E-state index in [1.807, 2.05) is 6.07 Å². The second-order valence-electron chi connectivity index (χ2n) is 3.00. The molecule has 1 nitrogen and oxygen atoms in total. The average molecular weight is 231 g/mol. The van der Waals surface area contributed by atoms with Gasteiger partial charge in [-0.2, -0.15) is 0 Å². The fraction of sp³-hybridized carbons (Fsp3) is 0.200. The van der Waals surface area contributed by atoms with Gasteiger partial charge in [0.1, 0.15) is 5.82 Å². The molecule has 1 aromatic heterocycles. The summed E-state index contributed by atoms with van der Waals surface area (Å²) < 4.78 is 14.4. The number of aliphatic hydroxyl groups is 1. The van der Waals surface area contributed by atoms with Gasteiger partial charge in [-0.3, -0.25) is 0 Å². The van der Waals surface area contributed by atoms with Crippen LogP contribution in [0.3, 0.4) is 0 Å². The van der Waals surface area contributed by atoms with Crippen LogP contribution in [0, 0.1) is 5.82 Å². The van der Waals surface area contributed by atoms with Crippen molar-refractivity contribution >= 4 is 33.0 Å². The van der Waals surface area contributed by atoms with Crippen molar-refractivity contribution < 1.29 is 9.50 Å². The molecule has 0 bridgehead atoms. The van der Waals surface area contributed by atoms with E-state index in [1.54, 1.807) is 5.38 Å². The molecule has 1 N–H and O–H groups in total. The minimum absolute atomic E-state index is 0.128. The summed E-state index contributed by atoms with van der Waals surface area (Å²) in [4.78, 5) is 0. The van der Waals surface area contributed by atoms with Gasteiger partial charge >= 0.3 is 0 Å². The van der Waals surface area contributed by atoms with Gasteiger partial charge in [0.25, 0.3) is 0 Å². The second-order valence-corrected chi connectivity index (χ2v) is 4.18. The highest BCUT2D eigenvalue weighted by Gasteiger charge is 2.09. The van der Waals surface area contributed by atoms with E-state index in [1.165, 1.54) is 17.4 Å². The molecular formula is C10H8ClFOS. The summed E-state index contributed by atoms with van der Waals surface area (Å²) in [6.45, 7) is -0.128. The molecule has 0 unspecified atom stereocenters. The molecule has 0 aliphatic rings. The fourth-order valence-corrected chi connectivity index (χ4v) is 2.61. The van der Waals surface area contributed by atoms with Crippen LogP contribution in [-0.2, 0) is 12.5 Å². The number of fused-ring (bicyclic) bond motifs is 1.